The summed E-state index contributed by atoms with van der Waals surface area (Å²) >= 11 is 2.04. The molecule has 6 heavy (non-hydrogen) atoms. The lowest BCUT2D eigenvalue weighted by Gasteiger charge is -1.87. The molecule has 2 heteroatoms. The van der Waals surface area contributed by atoms with Crippen LogP contribution in [0.25, 0.3) is 0 Å². The topological polar surface area (TPSA) is 0 Å². The van der Waals surface area contributed by atoms with Gasteiger partial charge in [-0.3, -0.25) is 0 Å². The minimum atomic E-state index is 1.08. The predicted octanol–water partition coefficient (Wildman–Crippen LogP) is 2.35. The Morgan fingerprint density at radius 2 is 2.33 bits per heavy atom. The summed E-state index contributed by atoms with van der Waals surface area (Å²) in [5, 5.41) is 0. The molecule has 0 aliphatic carbocycles. The third-order valence-electron chi connectivity index (χ3n) is 0.451. The molecule has 0 aliphatic heterocycles. The van der Waals surface area contributed by atoms with Crippen LogP contribution < -0.4 is 0 Å². The van der Waals surface area contributed by atoms with Crippen molar-refractivity contribution in [2.24, 2.45) is 0 Å². The lowest BCUT2D eigenvalue weighted by atomic mass is 10.6. The van der Waals surface area contributed by atoms with Crippen LogP contribution in [0.4, 0.5) is 0 Å². The van der Waals surface area contributed by atoms with E-state index in [4.69, 9.17) is 0 Å². The highest BCUT2D eigenvalue weighted by atomic mass is 32.7. The van der Waals surface area contributed by atoms with Crippen LogP contribution in [0.5, 0.6) is 0 Å². The third-order valence-corrected chi connectivity index (χ3v) is 2.83. The van der Waals surface area contributed by atoms with Gasteiger partial charge < -0.3 is 0 Å². The summed E-state index contributed by atoms with van der Waals surface area (Å²) in [6, 6.07) is 0. The van der Waals surface area contributed by atoms with Gasteiger partial charge in [0.1, 0.15) is 0 Å². The first kappa shape index (κ1) is 6.78. The van der Waals surface area contributed by atoms with E-state index in [0.717, 1.165) is 7.78 Å². The van der Waals surface area contributed by atoms with Crippen LogP contribution in [-0.4, -0.2) is 12.4 Å². The van der Waals surface area contributed by atoms with Gasteiger partial charge in [0, 0.05) is 0 Å². The van der Waals surface area contributed by atoms with Crippen molar-refractivity contribution < 1.29 is 0 Å². The summed E-state index contributed by atoms with van der Waals surface area (Å²) in [7, 11) is 1.08. The quantitative estimate of drug-likeness (QED) is 0.409. The van der Waals surface area contributed by atoms with E-state index >= 15 is 0 Å². The summed E-state index contributed by atoms with van der Waals surface area (Å²) in [4.78, 5) is 0. The van der Waals surface area contributed by atoms with Crippen LogP contribution in [0.3, 0.4) is 0 Å². The molecule has 0 heterocycles. The molecule has 0 aliphatic rings. The largest absolute Gasteiger partial charge is 0.138 e. The Kier molecular flexibility index (Phi) is 6.53. The van der Waals surface area contributed by atoms with Gasteiger partial charge in [-0.15, -0.1) is 11.4 Å². The minimum absolute atomic E-state index is 1.08. The molecule has 0 nitrogen and oxygen atoms in total. The standard InChI is InChI=1S/C4H11PS/c1-3-4-6-5-2/h5H,3-4H2,1-2H3. The SMILES string of the molecule is CCCSPC. The van der Waals surface area contributed by atoms with Crippen LogP contribution in [0.2, 0.25) is 0 Å². The summed E-state index contributed by atoms with van der Waals surface area (Å²) in [6.45, 7) is 4.44. The van der Waals surface area contributed by atoms with E-state index in [1.165, 1.54) is 12.2 Å². The monoisotopic (exact) mass is 122 g/mol. The molecule has 0 saturated carbocycles. The van der Waals surface area contributed by atoms with Crippen molar-refractivity contribution in [1.82, 2.24) is 0 Å². The maximum Gasteiger partial charge on any atom is -0.00311 e. The molecule has 0 rings (SSSR count). The predicted molar refractivity (Wildman–Crippen MR) is 37.0 cm³/mol. The Hall–Kier alpha value is 0.780. The van der Waals surface area contributed by atoms with Gasteiger partial charge in [0.15, 0.2) is 0 Å². The van der Waals surface area contributed by atoms with Crippen molar-refractivity contribution in [3.8, 4) is 0 Å². The van der Waals surface area contributed by atoms with E-state index in [0.29, 0.717) is 0 Å². The van der Waals surface area contributed by atoms with E-state index < -0.39 is 0 Å². The van der Waals surface area contributed by atoms with Crippen molar-refractivity contribution >= 4 is 19.2 Å². The second-order valence-corrected chi connectivity index (χ2v) is 4.25. The van der Waals surface area contributed by atoms with Crippen molar-refractivity contribution in [3.05, 3.63) is 0 Å². The molecule has 1 atom stereocenters. The van der Waals surface area contributed by atoms with Crippen molar-refractivity contribution in [3.63, 3.8) is 0 Å². The highest BCUT2D eigenvalue weighted by Gasteiger charge is 1.74. The van der Waals surface area contributed by atoms with Gasteiger partial charge in [-0.1, -0.05) is 14.7 Å². The molecule has 0 aromatic carbocycles. The molecule has 0 saturated heterocycles. The van der Waals surface area contributed by atoms with E-state index in [-0.39, 0.29) is 0 Å². The third kappa shape index (κ3) is 4.78. The Balaban J connectivity index is 2.34. The molecule has 0 spiro atoms. The van der Waals surface area contributed by atoms with Gasteiger partial charge in [0.05, 0.1) is 0 Å². The van der Waals surface area contributed by atoms with Gasteiger partial charge in [0.25, 0.3) is 0 Å². The minimum Gasteiger partial charge on any atom is -0.138 e. The summed E-state index contributed by atoms with van der Waals surface area (Å²) in [5.74, 6) is 1.34. The Labute approximate surface area is 45.6 Å². The first-order valence-electron chi connectivity index (χ1n) is 2.20. The van der Waals surface area contributed by atoms with Gasteiger partial charge in [-0.05, 0) is 18.8 Å². The van der Waals surface area contributed by atoms with Crippen molar-refractivity contribution in [1.29, 1.82) is 0 Å². The average Bonchev–Trinajstić information content (AvgIpc) is 1.61. The first-order valence-corrected chi connectivity index (χ1v) is 5.41. The first-order chi connectivity index (χ1) is 2.91. The zero-order valence-corrected chi connectivity index (χ0v) is 6.14. The van der Waals surface area contributed by atoms with Crippen LogP contribution in [0.15, 0.2) is 0 Å². The smallest absolute Gasteiger partial charge is 0.00311 e. The molecule has 38 valence electrons. The highest BCUT2D eigenvalue weighted by molar-refractivity contribution is 8.49. The summed E-state index contributed by atoms with van der Waals surface area (Å²) < 4.78 is 0. The van der Waals surface area contributed by atoms with Gasteiger partial charge in [0.2, 0.25) is 0 Å². The highest BCUT2D eigenvalue weighted by Crippen LogP contribution is 2.24. The lowest BCUT2D eigenvalue weighted by Crippen LogP contribution is -1.62. The second-order valence-electron chi connectivity index (χ2n) is 1.05. The van der Waals surface area contributed by atoms with Gasteiger partial charge >= 0.3 is 0 Å². The Bertz CT molecular complexity index is 19.5. The number of hydrogen-bond donors (Lipinski definition) is 0. The van der Waals surface area contributed by atoms with Gasteiger partial charge in [-0.25, -0.2) is 0 Å². The van der Waals surface area contributed by atoms with E-state index in [1.54, 1.807) is 0 Å². The molecule has 0 aromatic rings. The molecule has 1 unspecified atom stereocenters. The molecule has 0 N–H and O–H groups in total. The molecule has 0 radical (unpaired) electrons. The fourth-order valence-corrected chi connectivity index (χ4v) is 1.84. The van der Waals surface area contributed by atoms with Crippen molar-refractivity contribution in [2.45, 2.75) is 13.3 Å². The van der Waals surface area contributed by atoms with Crippen LogP contribution >= 0.6 is 19.2 Å². The number of rotatable bonds is 3. The Morgan fingerprint density at radius 3 is 2.50 bits per heavy atom. The molecule has 0 fully saturated rings. The van der Waals surface area contributed by atoms with E-state index in [1.807, 2.05) is 11.4 Å². The molecular weight excluding hydrogens is 111 g/mol. The average molecular weight is 122 g/mol. The lowest BCUT2D eigenvalue weighted by molar-refractivity contribution is 1.11. The number of hydrogen-bond acceptors (Lipinski definition) is 1. The summed E-state index contributed by atoms with van der Waals surface area (Å²) in [6.07, 6.45) is 1.32. The van der Waals surface area contributed by atoms with E-state index in [9.17, 15) is 0 Å². The zero-order valence-electron chi connectivity index (χ0n) is 4.32. The Morgan fingerprint density at radius 1 is 1.67 bits per heavy atom. The normalized spacial score (nSPS) is 11.0. The fourth-order valence-electron chi connectivity index (χ4n) is 0.204. The maximum atomic E-state index is 2.22. The molecule has 0 bridgehead atoms. The van der Waals surface area contributed by atoms with Crippen molar-refractivity contribution in [2.75, 3.05) is 12.4 Å². The van der Waals surface area contributed by atoms with E-state index in [2.05, 4.69) is 13.6 Å². The zero-order chi connectivity index (χ0) is 4.83. The molecular formula is C4H11PS. The summed E-state index contributed by atoms with van der Waals surface area (Å²) in [5.41, 5.74) is 0. The van der Waals surface area contributed by atoms with Crippen LogP contribution in [0, 0.1) is 0 Å². The van der Waals surface area contributed by atoms with Crippen LogP contribution in [-0.2, 0) is 0 Å². The van der Waals surface area contributed by atoms with Gasteiger partial charge in [-0.2, -0.15) is 0 Å². The van der Waals surface area contributed by atoms with Crippen LogP contribution in [0.1, 0.15) is 13.3 Å². The molecule has 0 amide bonds. The second kappa shape index (κ2) is 5.78. The maximum absolute atomic E-state index is 2.22. The fraction of sp³-hybridized carbons (Fsp3) is 1.00. The molecule has 0 aromatic heterocycles.